The smallest absolute Gasteiger partial charge is 0.228 e. The number of methoxy groups -OCH3 is 1. The highest BCUT2D eigenvalue weighted by molar-refractivity contribution is 5.54. The van der Waals surface area contributed by atoms with E-state index in [-0.39, 0.29) is 0 Å². The molecule has 7 nitrogen and oxygen atoms in total. The number of fused-ring (bicyclic) bond motifs is 1. The van der Waals surface area contributed by atoms with Gasteiger partial charge in [-0.15, -0.1) is 0 Å². The maximum Gasteiger partial charge on any atom is 0.228 e. The molecule has 3 aromatic heterocycles. The average molecular weight is 350 g/mol. The Balaban J connectivity index is 1.30. The SMILES string of the molecule is COc1ccnc(N2CCN(c3ccc4nc(C5CC5)cn4c3)CC2)n1. The van der Waals surface area contributed by atoms with E-state index in [1.54, 1.807) is 19.4 Å². The van der Waals surface area contributed by atoms with Gasteiger partial charge in [-0.2, -0.15) is 4.98 Å². The highest BCUT2D eigenvalue weighted by atomic mass is 16.5. The normalized spacial score (nSPS) is 17.7. The Morgan fingerprint density at radius 2 is 1.77 bits per heavy atom. The summed E-state index contributed by atoms with van der Waals surface area (Å²) in [6, 6.07) is 6.07. The number of hydrogen-bond acceptors (Lipinski definition) is 6. The predicted molar refractivity (Wildman–Crippen MR) is 100 cm³/mol. The number of hydrogen-bond donors (Lipinski definition) is 0. The van der Waals surface area contributed by atoms with Gasteiger partial charge in [-0.1, -0.05) is 0 Å². The molecule has 5 rings (SSSR count). The van der Waals surface area contributed by atoms with Crippen LogP contribution >= 0.6 is 0 Å². The van der Waals surface area contributed by atoms with E-state index in [1.165, 1.54) is 24.2 Å². The second kappa shape index (κ2) is 6.16. The molecule has 2 aliphatic rings. The van der Waals surface area contributed by atoms with Crippen LogP contribution in [-0.4, -0.2) is 52.6 Å². The van der Waals surface area contributed by atoms with Gasteiger partial charge in [0.1, 0.15) is 5.65 Å². The Hall–Kier alpha value is -2.83. The molecule has 0 N–H and O–H groups in total. The van der Waals surface area contributed by atoms with Crippen molar-refractivity contribution >= 4 is 17.3 Å². The Labute approximate surface area is 152 Å². The molecule has 1 aliphatic carbocycles. The topological polar surface area (TPSA) is 58.8 Å². The average Bonchev–Trinajstić information content (AvgIpc) is 3.47. The fraction of sp³-hybridized carbons (Fsp3) is 0.421. The minimum atomic E-state index is 0.606. The van der Waals surface area contributed by atoms with Gasteiger partial charge in [-0.3, -0.25) is 0 Å². The van der Waals surface area contributed by atoms with Crippen LogP contribution in [0, 0.1) is 0 Å². The van der Waals surface area contributed by atoms with Crippen LogP contribution in [0.1, 0.15) is 24.5 Å². The van der Waals surface area contributed by atoms with Crippen molar-refractivity contribution in [1.82, 2.24) is 19.4 Å². The number of ether oxygens (including phenoxy) is 1. The minimum absolute atomic E-state index is 0.606. The van der Waals surface area contributed by atoms with E-state index in [0.717, 1.165) is 37.8 Å². The Kier molecular flexibility index (Phi) is 3.65. The molecule has 2 fully saturated rings. The number of aromatic nitrogens is 4. The number of imidazole rings is 1. The number of anilines is 2. The molecule has 0 spiro atoms. The number of piperazine rings is 1. The summed E-state index contributed by atoms with van der Waals surface area (Å²) in [6.45, 7) is 3.66. The third kappa shape index (κ3) is 2.83. The molecule has 26 heavy (non-hydrogen) atoms. The quantitative estimate of drug-likeness (QED) is 0.720. The fourth-order valence-corrected chi connectivity index (χ4v) is 3.53. The van der Waals surface area contributed by atoms with Gasteiger partial charge in [0.2, 0.25) is 11.8 Å². The lowest BCUT2D eigenvalue weighted by Gasteiger charge is -2.36. The lowest BCUT2D eigenvalue weighted by Crippen LogP contribution is -2.47. The van der Waals surface area contributed by atoms with Crippen molar-refractivity contribution < 1.29 is 4.74 Å². The van der Waals surface area contributed by atoms with E-state index in [2.05, 4.69) is 48.7 Å². The van der Waals surface area contributed by atoms with Crippen LogP contribution in [0.4, 0.5) is 11.6 Å². The summed E-state index contributed by atoms with van der Waals surface area (Å²) in [5.74, 6) is 2.03. The molecule has 1 aliphatic heterocycles. The van der Waals surface area contributed by atoms with Gasteiger partial charge in [-0.25, -0.2) is 9.97 Å². The zero-order chi connectivity index (χ0) is 17.5. The van der Waals surface area contributed by atoms with Crippen LogP contribution < -0.4 is 14.5 Å². The first-order valence-corrected chi connectivity index (χ1v) is 9.16. The maximum atomic E-state index is 5.20. The van der Waals surface area contributed by atoms with Gasteiger partial charge in [0, 0.05) is 56.8 Å². The molecule has 134 valence electrons. The maximum absolute atomic E-state index is 5.20. The van der Waals surface area contributed by atoms with Crippen LogP contribution in [0.2, 0.25) is 0 Å². The molecule has 0 radical (unpaired) electrons. The standard InChI is InChI=1S/C19H22N6O/c1-26-18-6-7-20-19(22-18)24-10-8-23(9-11-24)15-4-5-17-21-16(14-2-3-14)13-25(17)12-15/h4-7,12-14H,2-3,8-11H2,1H3. The second-order valence-corrected chi connectivity index (χ2v) is 6.97. The number of pyridine rings is 1. The van der Waals surface area contributed by atoms with E-state index >= 15 is 0 Å². The Morgan fingerprint density at radius 1 is 0.962 bits per heavy atom. The molecule has 7 heteroatoms. The van der Waals surface area contributed by atoms with Crippen molar-refractivity contribution in [3.05, 3.63) is 42.5 Å². The van der Waals surface area contributed by atoms with Crippen molar-refractivity contribution in [2.75, 3.05) is 43.1 Å². The molecule has 3 aromatic rings. The molecule has 4 heterocycles. The van der Waals surface area contributed by atoms with Gasteiger partial charge in [0.25, 0.3) is 0 Å². The first-order chi connectivity index (χ1) is 12.8. The minimum Gasteiger partial charge on any atom is -0.481 e. The number of rotatable bonds is 4. The van der Waals surface area contributed by atoms with Crippen molar-refractivity contribution in [2.45, 2.75) is 18.8 Å². The zero-order valence-electron chi connectivity index (χ0n) is 14.9. The fourth-order valence-electron chi connectivity index (χ4n) is 3.53. The molecular weight excluding hydrogens is 328 g/mol. The van der Waals surface area contributed by atoms with Crippen LogP contribution in [-0.2, 0) is 0 Å². The van der Waals surface area contributed by atoms with E-state index in [1.807, 2.05) is 0 Å². The first kappa shape index (κ1) is 15.4. The van der Waals surface area contributed by atoms with Crippen LogP contribution in [0.15, 0.2) is 36.8 Å². The van der Waals surface area contributed by atoms with Crippen LogP contribution in [0.3, 0.4) is 0 Å². The summed E-state index contributed by atoms with van der Waals surface area (Å²) in [7, 11) is 1.63. The van der Waals surface area contributed by atoms with E-state index in [9.17, 15) is 0 Å². The molecule has 0 atom stereocenters. The molecule has 1 saturated carbocycles. The van der Waals surface area contributed by atoms with Gasteiger partial charge in [-0.05, 0) is 25.0 Å². The highest BCUT2D eigenvalue weighted by Crippen LogP contribution is 2.39. The first-order valence-electron chi connectivity index (χ1n) is 9.16. The third-order valence-corrected chi connectivity index (χ3v) is 5.20. The molecular formula is C19H22N6O. The van der Waals surface area contributed by atoms with Gasteiger partial charge >= 0.3 is 0 Å². The molecule has 1 saturated heterocycles. The predicted octanol–water partition coefficient (Wildman–Crippen LogP) is 2.34. The van der Waals surface area contributed by atoms with Crippen molar-refractivity contribution in [3.8, 4) is 5.88 Å². The van der Waals surface area contributed by atoms with Gasteiger partial charge in [0.15, 0.2) is 0 Å². The summed E-state index contributed by atoms with van der Waals surface area (Å²) < 4.78 is 7.37. The van der Waals surface area contributed by atoms with E-state index < -0.39 is 0 Å². The number of nitrogens with zero attached hydrogens (tertiary/aromatic N) is 6. The molecule has 0 aromatic carbocycles. The monoisotopic (exact) mass is 350 g/mol. The zero-order valence-corrected chi connectivity index (χ0v) is 14.9. The second-order valence-electron chi connectivity index (χ2n) is 6.97. The third-order valence-electron chi connectivity index (χ3n) is 5.20. The van der Waals surface area contributed by atoms with Crippen LogP contribution in [0.5, 0.6) is 5.88 Å². The largest absolute Gasteiger partial charge is 0.481 e. The van der Waals surface area contributed by atoms with Crippen molar-refractivity contribution in [1.29, 1.82) is 0 Å². The summed E-state index contributed by atoms with van der Waals surface area (Å²) >= 11 is 0. The summed E-state index contributed by atoms with van der Waals surface area (Å²) in [6.07, 6.45) is 8.71. The Bertz CT molecular complexity index is 927. The van der Waals surface area contributed by atoms with E-state index in [4.69, 9.17) is 9.72 Å². The molecule has 0 amide bonds. The molecule has 0 unspecified atom stereocenters. The lowest BCUT2D eigenvalue weighted by molar-refractivity contribution is 0.396. The lowest BCUT2D eigenvalue weighted by atomic mass is 10.3. The molecule has 0 bridgehead atoms. The van der Waals surface area contributed by atoms with Gasteiger partial charge < -0.3 is 18.9 Å². The van der Waals surface area contributed by atoms with Crippen molar-refractivity contribution in [2.24, 2.45) is 0 Å². The summed E-state index contributed by atoms with van der Waals surface area (Å²) in [5, 5.41) is 0. The highest BCUT2D eigenvalue weighted by Gasteiger charge is 2.26. The van der Waals surface area contributed by atoms with Crippen molar-refractivity contribution in [3.63, 3.8) is 0 Å². The van der Waals surface area contributed by atoms with Gasteiger partial charge in [0.05, 0.1) is 18.5 Å². The van der Waals surface area contributed by atoms with Crippen LogP contribution in [0.25, 0.3) is 5.65 Å². The Morgan fingerprint density at radius 3 is 2.54 bits per heavy atom. The summed E-state index contributed by atoms with van der Waals surface area (Å²) in [5.41, 5.74) is 3.52. The van der Waals surface area contributed by atoms with E-state index in [0.29, 0.717) is 11.8 Å². The summed E-state index contributed by atoms with van der Waals surface area (Å²) in [4.78, 5) is 18.2.